The maximum atomic E-state index is 13.2. The minimum Gasteiger partial charge on any atom is -0.487 e. The Bertz CT molecular complexity index is 1390. The van der Waals surface area contributed by atoms with Crippen molar-refractivity contribution < 1.29 is 23.1 Å². The monoisotopic (exact) mass is 586 g/mol. The number of hydrogen-bond donors (Lipinski definition) is 2. The van der Waals surface area contributed by atoms with Crippen LogP contribution in [-0.4, -0.2) is 43.9 Å². The Morgan fingerprint density at radius 1 is 1.12 bits per heavy atom. The number of benzene rings is 2. The van der Waals surface area contributed by atoms with Crippen molar-refractivity contribution in [1.29, 1.82) is 0 Å². The fourth-order valence-corrected chi connectivity index (χ4v) is 7.28. The van der Waals surface area contributed by atoms with E-state index in [0.717, 1.165) is 49.9 Å². The number of fused-ring (bicyclic) bond motifs is 3. The van der Waals surface area contributed by atoms with E-state index < -0.39 is 27.3 Å². The third-order valence-corrected chi connectivity index (χ3v) is 11.1. The van der Waals surface area contributed by atoms with E-state index in [4.69, 9.17) is 16.3 Å². The predicted molar refractivity (Wildman–Crippen MR) is 158 cm³/mol. The van der Waals surface area contributed by atoms with Crippen LogP contribution in [0.2, 0.25) is 5.02 Å². The molecular weight excluding hydrogens is 548 g/mol. The molecule has 0 saturated heterocycles. The normalized spacial score (nSPS) is 29.9. The van der Waals surface area contributed by atoms with Gasteiger partial charge in [0, 0.05) is 29.1 Å². The average molecular weight is 587 g/mol. The summed E-state index contributed by atoms with van der Waals surface area (Å²) >= 11 is 6.30. The molecule has 2 N–H and O–H groups in total. The number of aryl methyl sites for hydroxylation is 1. The van der Waals surface area contributed by atoms with Crippen LogP contribution in [0.3, 0.4) is 0 Å². The lowest BCUT2D eigenvalue weighted by Crippen LogP contribution is -2.51. The smallest absolute Gasteiger partial charge is 0.264 e. The number of carbonyl (C=O) groups excluding carboxylic acids is 1. The van der Waals surface area contributed by atoms with Gasteiger partial charge in [0.2, 0.25) is 10.0 Å². The van der Waals surface area contributed by atoms with Crippen LogP contribution in [0, 0.1) is 11.3 Å². The molecule has 0 aromatic heterocycles. The maximum absolute atomic E-state index is 13.2. The lowest BCUT2D eigenvalue weighted by molar-refractivity contribution is -0.0466. The number of hydrogen-bond acceptors (Lipinski definition) is 6. The van der Waals surface area contributed by atoms with Crippen molar-refractivity contribution in [3.05, 3.63) is 70.3 Å². The number of amides is 1. The lowest BCUT2D eigenvalue weighted by Gasteiger charge is -2.51. The number of nitrogens with zero attached hydrogens (tertiary/aromatic N) is 1. The predicted octanol–water partition coefficient (Wildman–Crippen LogP) is 5.64. The van der Waals surface area contributed by atoms with Gasteiger partial charge in [0.25, 0.3) is 5.91 Å². The molecule has 2 aliphatic heterocycles. The number of sulfonamides is 1. The van der Waals surface area contributed by atoms with Crippen molar-refractivity contribution >= 4 is 33.2 Å². The highest BCUT2D eigenvalue weighted by Crippen LogP contribution is 2.50. The van der Waals surface area contributed by atoms with Gasteiger partial charge in [-0.25, -0.2) is 13.1 Å². The van der Waals surface area contributed by atoms with Gasteiger partial charge in [0.05, 0.1) is 17.0 Å². The second-order valence-electron chi connectivity index (χ2n) is 11.8. The molecule has 5 rings (SSSR count). The van der Waals surface area contributed by atoms with E-state index in [0.29, 0.717) is 36.8 Å². The van der Waals surface area contributed by atoms with E-state index in [9.17, 15) is 18.3 Å². The Balaban J connectivity index is 1.55. The first kappa shape index (κ1) is 29.0. The van der Waals surface area contributed by atoms with Crippen molar-refractivity contribution in [2.24, 2.45) is 11.3 Å². The first-order valence-corrected chi connectivity index (χ1v) is 16.2. The van der Waals surface area contributed by atoms with Gasteiger partial charge in [-0.15, -0.1) is 0 Å². The Morgan fingerprint density at radius 2 is 1.95 bits per heavy atom. The highest BCUT2D eigenvalue weighted by Gasteiger charge is 2.47. The van der Waals surface area contributed by atoms with Crippen molar-refractivity contribution in [2.75, 3.05) is 18.0 Å². The van der Waals surface area contributed by atoms with E-state index in [1.54, 1.807) is 25.1 Å². The number of aliphatic hydroxyl groups is 1. The summed E-state index contributed by atoms with van der Waals surface area (Å²) < 4.78 is 34.5. The minimum atomic E-state index is -3.87. The van der Waals surface area contributed by atoms with Gasteiger partial charge in [0.15, 0.2) is 0 Å². The Labute approximate surface area is 242 Å². The van der Waals surface area contributed by atoms with Crippen molar-refractivity contribution in [2.45, 2.75) is 76.8 Å². The first-order chi connectivity index (χ1) is 19.1. The molecule has 7 nitrogen and oxygen atoms in total. The quantitative estimate of drug-likeness (QED) is 0.388. The molecule has 9 heteroatoms. The molecule has 40 heavy (non-hydrogen) atoms. The van der Waals surface area contributed by atoms with Gasteiger partial charge in [-0.1, -0.05) is 36.7 Å². The summed E-state index contributed by atoms with van der Waals surface area (Å²) in [6, 6.07) is 11.0. The Kier molecular flexibility index (Phi) is 8.50. The molecule has 2 aromatic carbocycles. The molecule has 3 aliphatic rings. The van der Waals surface area contributed by atoms with Crippen LogP contribution in [-0.2, 0) is 23.1 Å². The molecule has 0 radical (unpaired) electrons. The van der Waals surface area contributed by atoms with Gasteiger partial charge >= 0.3 is 0 Å². The highest BCUT2D eigenvalue weighted by molar-refractivity contribution is 7.90. The minimum absolute atomic E-state index is 0.255. The summed E-state index contributed by atoms with van der Waals surface area (Å²) in [6.07, 6.45) is 8.62. The van der Waals surface area contributed by atoms with Crippen LogP contribution in [0.15, 0.2) is 48.6 Å². The number of aliphatic hydroxyl groups excluding tert-OH is 1. The summed E-state index contributed by atoms with van der Waals surface area (Å²) in [5.41, 5.74) is 3.00. The number of anilines is 1. The van der Waals surface area contributed by atoms with Gasteiger partial charge in [0.1, 0.15) is 12.4 Å². The summed E-state index contributed by atoms with van der Waals surface area (Å²) in [4.78, 5) is 15.5. The van der Waals surface area contributed by atoms with E-state index in [2.05, 4.69) is 16.5 Å². The largest absolute Gasteiger partial charge is 0.487 e. The van der Waals surface area contributed by atoms with Gasteiger partial charge in [-0.3, -0.25) is 4.79 Å². The molecule has 1 saturated carbocycles. The third kappa shape index (κ3) is 6.04. The fraction of sp³-hybridized carbons (Fsp3) is 0.516. The van der Waals surface area contributed by atoms with E-state index >= 15 is 0 Å². The number of allylic oxidation sites excluding steroid dienone is 1. The molecule has 0 unspecified atom stereocenters. The zero-order chi connectivity index (χ0) is 28.5. The molecule has 4 atom stereocenters. The standard InChI is InChI=1S/C31H39ClN2O5S/c1-21-7-3-4-9-29(35)31(2)15-14-25(31)19-34-16-6-5-8-22-17-26(32)12-10-24(22)20-39-28-13-11-23(18-27(28)34)30(36)33-40(21,37)38/h4,9-13,17-18,21,25,29,35H,3,5-8,14-16,19-20H2,1-2H3,(H,33,36)/b9-4+/t21-,25+,29+,31-/m1/s1. The van der Waals surface area contributed by atoms with Crippen LogP contribution in [0.1, 0.15) is 73.9 Å². The maximum Gasteiger partial charge on any atom is 0.264 e. The summed E-state index contributed by atoms with van der Waals surface area (Å²) in [6.45, 7) is 5.54. The molecule has 1 aliphatic carbocycles. The van der Waals surface area contributed by atoms with Gasteiger partial charge < -0.3 is 14.7 Å². The van der Waals surface area contributed by atoms with Crippen LogP contribution >= 0.6 is 11.6 Å². The van der Waals surface area contributed by atoms with Crippen LogP contribution < -0.4 is 14.4 Å². The molecule has 216 valence electrons. The van der Waals surface area contributed by atoms with Crippen LogP contribution in [0.5, 0.6) is 5.75 Å². The van der Waals surface area contributed by atoms with Crippen LogP contribution in [0.25, 0.3) is 0 Å². The Morgan fingerprint density at radius 3 is 2.73 bits per heavy atom. The third-order valence-electron chi connectivity index (χ3n) is 9.14. The topological polar surface area (TPSA) is 95.9 Å². The second-order valence-corrected chi connectivity index (χ2v) is 14.3. The summed E-state index contributed by atoms with van der Waals surface area (Å²) in [5, 5.41) is 11.1. The average Bonchev–Trinajstić information content (AvgIpc) is 2.95. The zero-order valence-electron chi connectivity index (χ0n) is 23.2. The molecule has 2 bridgehead atoms. The SMILES string of the molecule is C[C@@H]1CC/C=C/[C@H](O)[C@]2(C)CC[C@H]2CN2CCCCc3cc(Cl)ccc3COc3ccc(cc32)C(=O)NS1(=O)=O. The molecule has 2 aromatic rings. The fourth-order valence-electron chi connectivity index (χ4n) is 6.06. The molecular formula is C31H39ClN2O5S. The first-order valence-electron chi connectivity index (χ1n) is 14.3. The molecule has 1 amide bonds. The van der Waals surface area contributed by atoms with Crippen molar-refractivity contribution in [3.8, 4) is 5.75 Å². The van der Waals surface area contributed by atoms with E-state index in [1.165, 1.54) is 5.56 Å². The highest BCUT2D eigenvalue weighted by atomic mass is 35.5. The van der Waals surface area contributed by atoms with Gasteiger partial charge in [-0.05, 0) is 99.2 Å². The van der Waals surface area contributed by atoms with Crippen LogP contribution in [0.4, 0.5) is 5.69 Å². The second kappa shape index (κ2) is 11.7. The molecule has 1 fully saturated rings. The van der Waals surface area contributed by atoms with E-state index in [-0.39, 0.29) is 16.9 Å². The zero-order valence-corrected chi connectivity index (χ0v) is 24.8. The number of rotatable bonds is 0. The van der Waals surface area contributed by atoms with Gasteiger partial charge in [-0.2, -0.15) is 0 Å². The summed E-state index contributed by atoms with van der Waals surface area (Å²) in [5.74, 6) is 0.249. The number of ether oxygens (including phenoxy) is 1. The number of halogens is 1. The lowest BCUT2D eigenvalue weighted by atomic mass is 9.58. The number of nitrogens with one attached hydrogen (secondary N) is 1. The van der Waals surface area contributed by atoms with Crippen molar-refractivity contribution in [1.82, 2.24) is 4.72 Å². The molecule has 2 heterocycles. The number of carbonyl (C=O) groups is 1. The summed E-state index contributed by atoms with van der Waals surface area (Å²) in [7, 11) is -3.87. The molecule has 0 spiro atoms. The van der Waals surface area contributed by atoms with Crippen molar-refractivity contribution in [3.63, 3.8) is 0 Å². The van der Waals surface area contributed by atoms with E-state index in [1.807, 2.05) is 30.4 Å². The Hall–Kier alpha value is -2.55.